The van der Waals surface area contributed by atoms with E-state index < -0.39 is 12.0 Å². The van der Waals surface area contributed by atoms with Gasteiger partial charge >= 0.3 is 5.97 Å². The summed E-state index contributed by atoms with van der Waals surface area (Å²) in [4.78, 5) is 24.8. The Morgan fingerprint density at radius 3 is 2.00 bits per heavy atom. The normalized spacial score (nSPS) is 12.7. The van der Waals surface area contributed by atoms with Gasteiger partial charge in [-0.2, -0.15) is 0 Å². The van der Waals surface area contributed by atoms with Crippen molar-refractivity contribution in [3.63, 3.8) is 0 Å². The number of amides is 1. The monoisotopic (exact) mass is 290 g/mol. The van der Waals surface area contributed by atoms with Gasteiger partial charge in [-0.05, 0) is 5.92 Å². The topological polar surface area (TPSA) is 88.1 Å². The zero-order valence-electron chi connectivity index (χ0n) is 12.7. The molecule has 0 fully saturated rings. The Kier molecular flexibility index (Phi) is 9.96. The van der Waals surface area contributed by atoms with E-state index in [1.807, 2.05) is 4.90 Å². The molecule has 2 N–H and O–H groups in total. The summed E-state index contributed by atoms with van der Waals surface area (Å²) in [5, 5.41) is 11.6. The average molecular weight is 290 g/mol. The summed E-state index contributed by atoms with van der Waals surface area (Å²) < 4.78 is 9.97. The number of carbonyl (C=O) groups is 2. The smallest absolute Gasteiger partial charge is 0.326 e. The molecular weight excluding hydrogens is 264 g/mol. The molecule has 0 saturated heterocycles. The van der Waals surface area contributed by atoms with E-state index in [1.54, 1.807) is 28.1 Å². The number of carboxylic acid groups (broad SMARTS) is 1. The number of aliphatic carboxylic acids is 1. The third kappa shape index (κ3) is 8.08. The Bertz CT molecular complexity index is 288. The molecule has 1 atom stereocenters. The minimum atomic E-state index is -1.02. The number of hydrogen-bond acceptors (Lipinski definition) is 5. The standard InChI is InChI=1S/C13H26N2O5/c1-10(2)12(13(17)18)14-11(16)9-15(5-7-19-3)6-8-20-4/h10,12H,5-9H2,1-4H3,(H,14,16)(H,17,18). The van der Waals surface area contributed by atoms with Crippen LogP contribution < -0.4 is 5.32 Å². The molecule has 0 bridgehead atoms. The van der Waals surface area contributed by atoms with E-state index in [4.69, 9.17) is 14.6 Å². The van der Waals surface area contributed by atoms with Gasteiger partial charge in [-0.3, -0.25) is 9.69 Å². The molecule has 0 aromatic heterocycles. The summed E-state index contributed by atoms with van der Waals surface area (Å²) in [5.74, 6) is -1.49. The average Bonchev–Trinajstić information content (AvgIpc) is 2.38. The molecular formula is C13H26N2O5. The highest BCUT2D eigenvalue weighted by Gasteiger charge is 2.24. The lowest BCUT2D eigenvalue weighted by atomic mass is 10.0. The first-order valence-corrected chi connectivity index (χ1v) is 6.64. The van der Waals surface area contributed by atoms with Gasteiger partial charge in [0.1, 0.15) is 6.04 Å². The van der Waals surface area contributed by atoms with E-state index in [1.165, 1.54) is 0 Å². The van der Waals surface area contributed by atoms with Crippen molar-refractivity contribution in [3.8, 4) is 0 Å². The van der Waals surface area contributed by atoms with Crippen molar-refractivity contribution in [2.75, 3.05) is 47.1 Å². The molecule has 0 radical (unpaired) electrons. The van der Waals surface area contributed by atoms with Gasteiger partial charge in [0.15, 0.2) is 0 Å². The summed E-state index contributed by atoms with van der Waals surface area (Å²) in [5.41, 5.74) is 0. The zero-order valence-corrected chi connectivity index (χ0v) is 12.7. The van der Waals surface area contributed by atoms with E-state index in [2.05, 4.69) is 5.32 Å². The molecule has 0 aliphatic heterocycles. The molecule has 0 saturated carbocycles. The zero-order chi connectivity index (χ0) is 15.5. The van der Waals surface area contributed by atoms with E-state index in [9.17, 15) is 9.59 Å². The number of hydrogen-bond donors (Lipinski definition) is 2. The lowest BCUT2D eigenvalue weighted by molar-refractivity contribution is -0.143. The molecule has 1 unspecified atom stereocenters. The van der Waals surface area contributed by atoms with Gasteiger partial charge < -0.3 is 19.9 Å². The Morgan fingerprint density at radius 1 is 1.15 bits per heavy atom. The minimum Gasteiger partial charge on any atom is -0.480 e. The van der Waals surface area contributed by atoms with Crippen LogP contribution in [0, 0.1) is 5.92 Å². The van der Waals surface area contributed by atoms with Gasteiger partial charge in [0.2, 0.25) is 5.91 Å². The van der Waals surface area contributed by atoms with Crippen molar-refractivity contribution in [1.29, 1.82) is 0 Å². The van der Waals surface area contributed by atoms with Crippen molar-refractivity contribution in [1.82, 2.24) is 10.2 Å². The minimum absolute atomic E-state index is 0.128. The summed E-state index contributed by atoms with van der Waals surface area (Å²) in [6.45, 7) is 5.83. The van der Waals surface area contributed by atoms with Gasteiger partial charge in [0, 0.05) is 27.3 Å². The van der Waals surface area contributed by atoms with Crippen LogP contribution in [0.5, 0.6) is 0 Å². The van der Waals surface area contributed by atoms with Gasteiger partial charge in [-0.15, -0.1) is 0 Å². The fraction of sp³-hybridized carbons (Fsp3) is 0.846. The number of carboxylic acids is 1. The second-order valence-electron chi connectivity index (χ2n) is 4.89. The van der Waals surface area contributed by atoms with Crippen molar-refractivity contribution in [2.45, 2.75) is 19.9 Å². The third-order valence-corrected chi connectivity index (χ3v) is 2.84. The maximum absolute atomic E-state index is 11.9. The van der Waals surface area contributed by atoms with Crippen LogP contribution in [0.25, 0.3) is 0 Å². The summed E-state index contributed by atoms with van der Waals surface area (Å²) in [6.07, 6.45) is 0. The van der Waals surface area contributed by atoms with Crippen LogP contribution in [0.1, 0.15) is 13.8 Å². The van der Waals surface area contributed by atoms with E-state index in [-0.39, 0.29) is 18.4 Å². The van der Waals surface area contributed by atoms with Crippen molar-refractivity contribution in [2.24, 2.45) is 5.92 Å². The maximum Gasteiger partial charge on any atom is 0.326 e. The van der Waals surface area contributed by atoms with Gasteiger partial charge in [0.25, 0.3) is 0 Å². The van der Waals surface area contributed by atoms with Crippen molar-refractivity contribution >= 4 is 11.9 Å². The van der Waals surface area contributed by atoms with Crippen LogP contribution in [0.15, 0.2) is 0 Å². The molecule has 20 heavy (non-hydrogen) atoms. The van der Waals surface area contributed by atoms with E-state index in [0.717, 1.165) is 0 Å². The predicted octanol–water partition coefficient (Wildman–Crippen LogP) is -0.193. The van der Waals surface area contributed by atoms with Gasteiger partial charge in [-0.25, -0.2) is 4.79 Å². The SMILES string of the molecule is COCCN(CCOC)CC(=O)NC(C(=O)O)C(C)C. The highest BCUT2D eigenvalue weighted by atomic mass is 16.5. The number of methoxy groups -OCH3 is 2. The Balaban J connectivity index is 4.37. The highest BCUT2D eigenvalue weighted by Crippen LogP contribution is 2.01. The van der Waals surface area contributed by atoms with Crippen LogP contribution in [0.4, 0.5) is 0 Å². The molecule has 0 aromatic rings. The molecule has 0 spiro atoms. The molecule has 0 heterocycles. The highest BCUT2D eigenvalue weighted by molar-refractivity contribution is 5.84. The number of rotatable bonds is 11. The molecule has 7 heteroatoms. The summed E-state index contributed by atoms with van der Waals surface area (Å²) >= 11 is 0. The molecule has 7 nitrogen and oxygen atoms in total. The second kappa shape index (κ2) is 10.6. The Labute approximate surface area is 120 Å². The molecule has 0 rings (SSSR count). The summed E-state index contributed by atoms with van der Waals surface area (Å²) in [7, 11) is 3.18. The van der Waals surface area contributed by atoms with Crippen molar-refractivity contribution in [3.05, 3.63) is 0 Å². The molecule has 0 aliphatic rings. The molecule has 1 amide bonds. The fourth-order valence-electron chi connectivity index (χ4n) is 1.65. The Hall–Kier alpha value is -1.18. The van der Waals surface area contributed by atoms with Crippen molar-refractivity contribution < 1.29 is 24.2 Å². The second-order valence-corrected chi connectivity index (χ2v) is 4.89. The number of ether oxygens (including phenoxy) is 2. The number of nitrogens with one attached hydrogen (secondary N) is 1. The molecule has 118 valence electrons. The predicted molar refractivity (Wildman–Crippen MR) is 74.6 cm³/mol. The largest absolute Gasteiger partial charge is 0.480 e. The van der Waals surface area contributed by atoms with Crippen LogP contribution in [0.3, 0.4) is 0 Å². The van der Waals surface area contributed by atoms with E-state index >= 15 is 0 Å². The van der Waals surface area contributed by atoms with Crippen LogP contribution in [-0.2, 0) is 19.1 Å². The Morgan fingerprint density at radius 2 is 1.65 bits per heavy atom. The lowest BCUT2D eigenvalue weighted by Gasteiger charge is -2.23. The molecule has 0 aromatic carbocycles. The third-order valence-electron chi connectivity index (χ3n) is 2.84. The first kappa shape index (κ1) is 18.8. The van der Waals surface area contributed by atoms with Crippen LogP contribution in [0.2, 0.25) is 0 Å². The van der Waals surface area contributed by atoms with Crippen LogP contribution in [-0.4, -0.2) is 75.0 Å². The summed E-state index contributed by atoms with van der Waals surface area (Å²) in [6, 6.07) is -0.866. The molecule has 0 aliphatic carbocycles. The number of nitrogens with zero attached hydrogens (tertiary/aromatic N) is 1. The lowest BCUT2D eigenvalue weighted by Crippen LogP contribution is -2.48. The number of carbonyl (C=O) groups excluding carboxylic acids is 1. The van der Waals surface area contributed by atoms with E-state index in [0.29, 0.717) is 26.3 Å². The van der Waals surface area contributed by atoms with Gasteiger partial charge in [0.05, 0.1) is 19.8 Å². The quantitative estimate of drug-likeness (QED) is 0.548. The first-order valence-electron chi connectivity index (χ1n) is 6.64. The van der Waals surface area contributed by atoms with Gasteiger partial charge in [-0.1, -0.05) is 13.8 Å². The first-order chi connectivity index (χ1) is 9.42. The maximum atomic E-state index is 11.9. The fourth-order valence-corrected chi connectivity index (χ4v) is 1.65. The van der Waals surface area contributed by atoms with Crippen LogP contribution >= 0.6 is 0 Å².